The van der Waals surface area contributed by atoms with Crippen LogP contribution in [0.3, 0.4) is 0 Å². The van der Waals surface area contributed by atoms with E-state index in [-0.39, 0.29) is 12.1 Å². The molecule has 1 N–H and O–H groups in total. The van der Waals surface area contributed by atoms with Crippen molar-refractivity contribution in [2.24, 2.45) is 0 Å². The van der Waals surface area contributed by atoms with Gasteiger partial charge in [0.1, 0.15) is 0 Å². The minimum absolute atomic E-state index is 0.0175. The summed E-state index contributed by atoms with van der Waals surface area (Å²) in [5, 5.41) is 2.48. The van der Waals surface area contributed by atoms with Crippen LogP contribution in [-0.2, 0) is 4.74 Å². The number of anilines is 1. The van der Waals surface area contributed by atoms with Crippen molar-refractivity contribution in [2.45, 2.75) is 26.9 Å². The second kappa shape index (κ2) is 5.89. The van der Waals surface area contributed by atoms with Crippen LogP contribution in [0.2, 0.25) is 0 Å². The van der Waals surface area contributed by atoms with Crippen LogP contribution < -0.4 is 10.1 Å². The molecule has 6 heteroatoms. The summed E-state index contributed by atoms with van der Waals surface area (Å²) >= 11 is 0. The summed E-state index contributed by atoms with van der Waals surface area (Å²) in [6.07, 6.45) is 2.41. The van der Waals surface area contributed by atoms with Crippen LogP contribution in [0.1, 0.15) is 20.8 Å². The molecule has 1 heterocycles. The number of carbonyl (C=O) groups is 1. The van der Waals surface area contributed by atoms with E-state index < -0.39 is 6.09 Å². The lowest BCUT2D eigenvalue weighted by Crippen LogP contribution is -2.14. The smallest absolute Gasteiger partial charge is 0.411 e. The Bertz CT molecular complexity index is 338. The number of hydrogen-bond acceptors (Lipinski definition) is 5. The molecule has 0 aromatic carbocycles. The molecular weight excluding hydrogens is 210 g/mol. The van der Waals surface area contributed by atoms with E-state index in [0.29, 0.717) is 12.3 Å². The molecule has 0 fully saturated rings. The summed E-state index contributed by atoms with van der Waals surface area (Å²) in [7, 11) is 0. The van der Waals surface area contributed by atoms with Gasteiger partial charge in [-0.2, -0.15) is 0 Å². The zero-order valence-corrected chi connectivity index (χ0v) is 9.56. The number of nitrogens with zero attached hydrogens (tertiary/aromatic N) is 2. The zero-order chi connectivity index (χ0) is 12.0. The van der Waals surface area contributed by atoms with Gasteiger partial charge in [0.15, 0.2) is 0 Å². The third-order valence-corrected chi connectivity index (χ3v) is 1.49. The maximum atomic E-state index is 11.1. The number of rotatable bonds is 4. The number of ether oxygens (including phenoxy) is 2. The van der Waals surface area contributed by atoms with E-state index in [9.17, 15) is 4.79 Å². The molecule has 0 spiro atoms. The molecule has 6 nitrogen and oxygen atoms in total. The molecule has 0 radical (unpaired) electrons. The van der Waals surface area contributed by atoms with Crippen LogP contribution in [0.4, 0.5) is 10.5 Å². The molecular formula is C10H15N3O3. The first-order valence-corrected chi connectivity index (χ1v) is 5.04. The van der Waals surface area contributed by atoms with Crippen molar-refractivity contribution in [3.63, 3.8) is 0 Å². The van der Waals surface area contributed by atoms with Crippen molar-refractivity contribution >= 4 is 11.8 Å². The van der Waals surface area contributed by atoms with Crippen molar-refractivity contribution in [1.82, 2.24) is 9.97 Å². The van der Waals surface area contributed by atoms with Crippen LogP contribution >= 0.6 is 0 Å². The fraction of sp³-hybridized carbons (Fsp3) is 0.500. The molecule has 1 amide bonds. The van der Waals surface area contributed by atoms with Gasteiger partial charge in [-0.1, -0.05) is 0 Å². The highest BCUT2D eigenvalue weighted by molar-refractivity contribution is 5.83. The maximum absolute atomic E-state index is 11.1. The zero-order valence-electron chi connectivity index (χ0n) is 9.56. The number of nitrogens with one attached hydrogen (secondary N) is 1. The van der Waals surface area contributed by atoms with E-state index in [1.54, 1.807) is 6.92 Å². The van der Waals surface area contributed by atoms with Crippen LogP contribution in [0.15, 0.2) is 12.4 Å². The Morgan fingerprint density at radius 3 is 2.56 bits per heavy atom. The number of aromatic nitrogens is 2. The molecule has 88 valence electrons. The van der Waals surface area contributed by atoms with E-state index in [1.165, 1.54) is 12.4 Å². The highest BCUT2D eigenvalue weighted by atomic mass is 16.5. The van der Waals surface area contributed by atoms with Crippen molar-refractivity contribution in [1.29, 1.82) is 0 Å². The Labute approximate surface area is 94.0 Å². The number of hydrogen-bond donors (Lipinski definition) is 1. The molecule has 0 saturated heterocycles. The first-order valence-electron chi connectivity index (χ1n) is 5.04. The molecule has 0 unspecified atom stereocenters. The van der Waals surface area contributed by atoms with Gasteiger partial charge in [0.25, 0.3) is 0 Å². The largest absolute Gasteiger partial charge is 0.461 e. The Morgan fingerprint density at radius 2 is 2.06 bits per heavy atom. The molecule has 0 aliphatic rings. The predicted octanol–water partition coefficient (Wildman–Crippen LogP) is 1.83. The second-order valence-electron chi connectivity index (χ2n) is 3.27. The summed E-state index contributed by atoms with van der Waals surface area (Å²) in [6, 6.07) is 0.282. The average molecular weight is 225 g/mol. The van der Waals surface area contributed by atoms with Crippen LogP contribution in [0.5, 0.6) is 6.01 Å². The summed E-state index contributed by atoms with van der Waals surface area (Å²) in [4.78, 5) is 18.9. The van der Waals surface area contributed by atoms with Gasteiger partial charge in [-0.05, 0) is 20.8 Å². The minimum Gasteiger partial charge on any atom is -0.461 e. The van der Waals surface area contributed by atoms with Gasteiger partial charge in [-0.15, -0.1) is 0 Å². The highest BCUT2D eigenvalue weighted by Gasteiger charge is 2.04. The van der Waals surface area contributed by atoms with Crippen LogP contribution in [-0.4, -0.2) is 28.8 Å². The van der Waals surface area contributed by atoms with Gasteiger partial charge in [0.2, 0.25) is 0 Å². The molecule has 0 aliphatic heterocycles. The van der Waals surface area contributed by atoms with Crippen molar-refractivity contribution in [3.8, 4) is 6.01 Å². The van der Waals surface area contributed by atoms with Gasteiger partial charge in [-0.25, -0.2) is 14.8 Å². The highest BCUT2D eigenvalue weighted by Crippen LogP contribution is 2.08. The predicted molar refractivity (Wildman–Crippen MR) is 58.4 cm³/mol. The fourth-order valence-electron chi connectivity index (χ4n) is 0.937. The Kier molecular flexibility index (Phi) is 4.50. The van der Waals surface area contributed by atoms with E-state index in [0.717, 1.165) is 0 Å². The summed E-state index contributed by atoms with van der Waals surface area (Å²) in [6.45, 7) is 5.82. The van der Waals surface area contributed by atoms with Crippen molar-refractivity contribution in [2.75, 3.05) is 11.9 Å². The maximum Gasteiger partial charge on any atom is 0.411 e. The molecule has 0 aliphatic carbocycles. The van der Waals surface area contributed by atoms with Crippen molar-refractivity contribution in [3.05, 3.63) is 12.4 Å². The molecule has 0 bridgehead atoms. The Morgan fingerprint density at radius 1 is 1.44 bits per heavy atom. The van der Waals surface area contributed by atoms with Gasteiger partial charge in [-0.3, -0.25) is 5.32 Å². The second-order valence-corrected chi connectivity index (χ2v) is 3.27. The summed E-state index contributed by atoms with van der Waals surface area (Å²) in [5.41, 5.74) is 0.467. The van der Waals surface area contributed by atoms with E-state index >= 15 is 0 Å². The van der Waals surface area contributed by atoms with E-state index in [1.807, 2.05) is 13.8 Å². The Hall–Kier alpha value is -1.85. The average Bonchev–Trinajstić information content (AvgIpc) is 2.20. The van der Waals surface area contributed by atoms with Gasteiger partial charge in [0, 0.05) is 0 Å². The monoisotopic (exact) mass is 225 g/mol. The molecule has 1 rings (SSSR count). The molecule has 1 aromatic rings. The minimum atomic E-state index is -0.524. The quantitative estimate of drug-likeness (QED) is 0.846. The summed E-state index contributed by atoms with van der Waals surface area (Å²) < 4.78 is 9.96. The lowest BCUT2D eigenvalue weighted by atomic mass is 10.5. The SMILES string of the molecule is CCOC(=O)Nc1cnc(OC(C)C)nc1. The lowest BCUT2D eigenvalue weighted by molar-refractivity contribution is 0.168. The third kappa shape index (κ3) is 4.12. The normalized spacial score (nSPS) is 10.0. The summed E-state index contributed by atoms with van der Waals surface area (Å²) in [5.74, 6) is 0. The number of amides is 1. The molecule has 0 saturated carbocycles. The van der Waals surface area contributed by atoms with Gasteiger partial charge < -0.3 is 9.47 Å². The fourth-order valence-corrected chi connectivity index (χ4v) is 0.937. The standard InChI is InChI=1S/C10H15N3O3/c1-4-15-10(14)13-8-5-11-9(12-6-8)16-7(2)3/h5-7H,4H2,1-3H3,(H,13,14). The van der Waals surface area contributed by atoms with Crippen LogP contribution in [0.25, 0.3) is 0 Å². The van der Waals surface area contributed by atoms with E-state index in [4.69, 9.17) is 9.47 Å². The lowest BCUT2D eigenvalue weighted by Gasteiger charge is -2.08. The third-order valence-electron chi connectivity index (χ3n) is 1.49. The van der Waals surface area contributed by atoms with Crippen LogP contribution in [0, 0.1) is 0 Å². The van der Waals surface area contributed by atoms with Gasteiger partial charge >= 0.3 is 12.1 Å². The first kappa shape index (κ1) is 12.2. The van der Waals surface area contributed by atoms with Gasteiger partial charge in [0.05, 0.1) is 30.8 Å². The number of carbonyl (C=O) groups excluding carboxylic acids is 1. The first-order chi connectivity index (χ1) is 7.61. The topological polar surface area (TPSA) is 73.3 Å². The van der Waals surface area contributed by atoms with E-state index in [2.05, 4.69) is 15.3 Å². The molecule has 1 aromatic heterocycles. The molecule has 16 heavy (non-hydrogen) atoms. The van der Waals surface area contributed by atoms with Crippen molar-refractivity contribution < 1.29 is 14.3 Å². The molecule has 0 atom stereocenters. The Balaban J connectivity index is 2.54.